The summed E-state index contributed by atoms with van der Waals surface area (Å²) in [7, 11) is 0. The van der Waals surface area contributed by atoms with Gasteiger partial charge >= 0.3 is 5.97 Å². The maximum Gasteiger partial charge on any atom is 0.345 e. The fraction of sp³-hybridized carbons (Fsp3) is 0.267. The van der Waals surface area contributed by atoms with E-state index in [-0.39, 0.29) is 12.2 Å². The molecule has 1 aromatic heterocycles. The van der Waals surface area contributed by atoms with Gasteiger partial charge in [-0.05, 0) is 26.0 Å². The van der Waals surface area contributed by atoms with Crippen LogP contribution in [0.4, 0.5) is 0 Å². The van der Waals surface area contributed by atoms with Gasteiger partial charge in [0.15, 0.2) is 0 Å². The molecule has 0 bridgehead atoms. The Bertz CT molecular complexity index is 697. The molecule has 110 valence electrons. The average Bonchev–Trinajstić information content (AvgIpc) is 2.45. The van der Waals surface area contributed by atoms with Crippen LogP contribution in [-0.4, -0.2) is 22.5 Å². The fourth-order valence-corrected chi connectivity index (χ4v) is 2.61. The van der Waals surface area contributed by atoms with Crippen molar-refractivity contribution in [1.29, 1.82) is 0 Å². The summed E-state index contributed by atoms with van der Waals surface area (Å²) in [5.74, 6) is 0.408. The van der Waals surface area contributed by atoms with Gasteiger partial charge in [-0.15, -0.1) is 11.8 Å². The molecule has 6 heteroatoms. The van der Waals surface area contributed by atoms with Crippen molar-refractivity contribution in [3.63, 3.8) is 0 Å². The number of thioether (sulfide) groups is 1. The quantitative estimate of drug-likeness (QED) is 0.679. The van der Waals surface area contributed by atoms with Gasteiger partial charge in [0.05, 0.1) is 12.4 Å². The minimum Gasteiger partial charge on any atom is -0.462 e. The molecule has 0 aliphatic carbocycles. The lowest BCUT2D eigenvalue weighted by Crippen LogP contribution is -2.21. The Morgan fingerprint density at radius 2 is 2.24 bits per heavy atom. The van der Waals surface area contributed by atoms with Gasteiger partial charge < -0.3 is 9.72 Å². The summed E-state index contributed by atoms with van der Waals surface area (Å²) in [6.45, 7) is 3.94. The van der Waals surface area contributed by atoms with Crippen LogP contribution in [0.2, 0.25) is 0 Å². The molecule has 2 rings (SSSR count). The summed E-state index contributed by atoms with van der Waals surface area (Å²) in [6, 6.07) is 8.08. The number of carbonyl (C=O) groups excluding carboxylic acids is 1. The standard InChI is InChI=1S/C15H16N2O3S/c1-3-20-15(19)12-8-16-13(17-14(12)18)9-21-11-6-4-5-10(2)7-11/h4-8H,3,9H2,1-2H3,(H,16,17,18). The number of nitrogens with zero attached hydrogens (tertiary/aromatic N) is 1. The monoisotopic (exact) mass is 304 g/mol. The number of benzene rings is 1. The summed E-state index contributed by atoms with van der Waals surface area (Å²) >= 11 is 1.57. The molecule has 0 amide bonds. The first-order valence-corrected chi connectivity index (χ1v) is 7.53. The number of rotatable bonds is 5. The molecule has 0 unspecified atom stereocenters. The average molecular weight is 304 g/mol. The molecule has 0 saturated carbocycles. The number of ether oxygens (including phenoxy) is 1. The zero-order valence-electron chi connectivity index (χ0n) is 11.9. The number of aromatic nitrogens is 2. The molecule has 5 nitrogen and oxygen atoms in total. The number of nitrogens with one attached hydrogen (secondary N) is 1. The van der Waals surface area contributed by atoms with Crippen LogP contribution in [0.15, 0.2) is 40.2 Å². The molecular weight excluding hydrogens is 288 g/mol. The lowest BCUT2D eigenvalue weighted by atomic mass is 10.2. The smallest absolute Gasteiger partial charge is 0.345 e. The van der Waals surface area contributed by atoms with Crippen molar-refractivity contribution in [2.45, 2.75) is 24.5 Å². The molecule has 0 radical (unpaired) electrons. The van der Waals surface area contributed by atoms with Gasteiger partial charge in [-0.2, -0.15) is 0 Å². The number of esters is 1. The van der Waals surface area contributed by atoms with Crippen LogP contribution >= 0.6 is 11.8 Å². The topological polar surface area (TPSA) is 72.0 Å². The number of carbonyl (C=O) groups is 1. The van der Waals surface area contributed by atoms with Crippen LogP contribution in [0, 0.1) is 6.92 Å². The zero-order valence-corrected chi connectivity index (χ0v) is 12.7. The highest BCUT2D eigenvalue weighted by Gasteiger charge is 2.12. The predicted molar refractivity (Wildman–Crippen MR) is 81.6 cm³/mol. The van der Waals surface area contributed by atoms with E-state index >= 15 is 0 Å². The second-order valence-corrected chi connectivity index (χ2v) is 5.45. The summed E-state index contributed by atoms with van der Waals surface area (Å²) < 4.78 is 4.79. The zero-order chi connectivity index (χ0) is 15.2. The molecule has 0 saturated heterocycles. The highest BCUT2D eigenvalue weighted by molar-refractivity contribution is 7.98. The maximum absolute atomic E-state index is 11.8. The minimum atomic E-state index is -0.649. The van der Waals surface area contributed by atoms with E-state index in [1.54, 1.807) is 18.7 Å². The van der Waals surface area contributed by atoms with Gasteiger partial charge in [-0.3, -0.25) is 4.79 Å². The van der Waals surface area contributed by atoms with Gasteiger partial charge in [0.1, 0.15) is 11.4 Å². The highest BCUT2D eigenvalue weighted by Crippen LogP contribution is 2.21. The number of H-pyrrole nitrogens is 1. The Hall–Kier alpha value is -2.08. The van der Waals surface area contributed by atoms with Gasteiger partial charge in [0.2, 0.25) is 0 Å². The van der Waals surface area contributed by atoms with Crippen molar-refractivity contribution in [2.75, 3.05) is 6.61 Å². The molecule has 0 aliphatic heterocycles. The molecule has 2 aromatic rings. The minimum absolute atomic E-state index is 0.0684. The Labute approximate surface area is 126 Å². The number of hydrogen-bond acceptors (Lipinski definition) is 5. The van der Waals surface area contributed by atoms with E-state index in [0.717, 1.165) is 4.90 Å². The SMILES string of the molecule is CCOC(=O)c1cnc(CSc2cccc(C)c2)[nH]c1=O. The second-order valence-electron chi connectivity index (χ2n) is 4.40. The van der Waals surface area contributed by atoms with E-state index in [1.165, 1.54) is 11.8 Å². The van der Waals surface area contributed by atoms with Crippen LogP contribution < -0.4 is 5.56 Å². The van der Waals surface area contributed by atoms with Crippen LogP contribution in [0.5, 0.6) is 0 Å². The van der Waals surface area contributed by atoms with Gasteiger partial charge in [-0.25, -0.2) is 9.78 Å². The summed E-state index contributed by atoms with van der Waals surface area (Å²) in [5.41, 5.74) is 0.642. The summed E-state index contributed by atoms with van der Waals surface area (Å²) in [6.07, 6.45) is 1.27. The third kappa shape index (κ3) is 4.19. The molecule has 1 aromatic carbocycles. The van der Waals surface area contributed by atoms with Crippen molar-refractivity contribution in [1.82, 2.24) is 9.97 Å². The molecule has 0 spiro atoms. The van der Waals surface area contributed by atoms with E-state index in [9.17, 15) is 9.59 Å². The van der Waals surface area contributed by atoms with Crippen LogP contribution in [-0.2, 0) is 10.5 Å². The van der Waals surface area contributed by atoms with Gasteiger partial charge in [-0.1, -0.05) is 17.7 Å². The van der Waals surface area contributed by atoms with Crippen molar-refractivity contribution in [3.8, 4) is 0 Å². The van der Waals surface area contributed by atoms with Crippen molar-refractivity contribution < 1.29 is 9.53 Å². The van der Waals surface area contributed by atoms with Crippen molar-refractivity contribution in [2.24, 2.45) is 0 Å². The summed E-state index contributed by atoms with van der Waals surface area (Å²) in [4.78, 5) is 31.1. The fourth-order valence-electron chi connectivity index (χ4n) is 1.72. The third-order valence-corrected chi connectivity index (χ3v) is 3.72. The van der Waals surface area contributed by atoms with Crippen molar-refractivity contribution in [3.05, 3.63) is 57.8 Å². The Morgan fingerprint density at radius 3 is 2.90 bits per heavy atom. The van der Waals surface area contributed by atoms with Gasteiger partial charge in [0, 0.05) is 11.1 Å². The first kappa shape index (κ1) is 15.3. The number of aromatic amines is 1. The second kappa shape index (κ2) is 7.08. The Morgan fingerprint density at radius 1 is 1.43 bits per heavy atom. The Kier molecular flexibility index (Phi) is 5.16. The van der Waals surface area contributed by atoms with E-state index in [0.29, 0.717) is 11.6 Å². The lowest BCUT2D eigenvalue weighted by molar-refractivity contribution is 0.0523. The largest absolute Gasteiger partial charge is 0.462 e. The summed E-state index contributed by atoms with van der Waals surface area (Å²) in [5, 5.41) is 0. The highest BCUT2D eigenvalue weighted by atomic mass is 32.2. The lowest BCUT2D eigenvalue weighted by Gasteiger charge is -2.04. The maximum atomic E-state index is 11.8. The third-order valence-electron chi connectivity index (χ3n) is 2.71. The predicted octanol–water partition coefficient (Wildman–Crippen LogP) is 2.55. The molecule has 1 heterocycles. The molecular formula is C15H16N2O3S. The number of aryl methyl sites for hydroxylation is 1. The van der Waals surface area contributed by atoms with Gasteiger partial charge in [0.25, 0.3) is 5.56 Å². The first-order chi connectivity index (χ1) is 10.1. The molecule has 0 fully saturated rings. The van der Waals surface area contributed by atoms with E-state index in [1.807, 2.05) is 25.1 Å². The van der Waals surface area contributed by atoms with E-state index < -0.39 is 11.5 Å². The van der Waals surface area contributed by atoms with Crippen LogP contribution in [0.25, 0.3) is 0 Å². The van der Waals surface area contributed by atoms with E-state index in [2.05, 4.69) is 16.0 Å². The molecule has 0 aliphatic rings. The number of hydrogen-bond donors (Lipinski definition) is 1. The van der Waals surface area contributed by atoms with Crippen molar-refractivity contribution >= 4 is 17.7 Å². The molecule has 21 heavy (non-hydrogen) atoms. The molecule has 1 N–H and O–H groups in total. The van der Waals surface area contributed by atoms with E-state index in [4.69, 9.17) is 4.74 Å². The normalized spacial score (nSPS) is 10.4. The van der Waals surface area contributed by atoms with Crippen LogP contribution in [0.3, 0.4) is 0 Å². The molecule has 0 atom stereocenters. The first-order valence-electron chi connectivity index (χ1n) is 6.55. The Balaban J connectivity index is 2.07. The van der Waals surface area contributed by atoms with Crippen LogP contribution in [0.1, 0.15) is 28.7 Å².